The SMILES string of the molecule is COc1ccc(NCC(=O)N2CCOCC2)cc1OC. The maximum Gasteiger partial charge on any atom is 0.242 e. The second-order valence-electron chi connectivity index (χ2n) is 4.42. The van der Waals surface area contributed by atoms with Gasteiger partial charge in [0.1, 0.15) is 0 Å². The Morgan fingerprint density at radius 3 is 2.60 bits per heavy atom. The molecule has 1 aliphatic rings. The van der Waals surface area contributed by atoms with Crippen LogP contribution in [0, 0.1) is 0 Å². The third-order valence-electron chi connectivity index (χ3n) is 3.19. The van der Waals surface area contributed by atoms with Gasteiger partial charge in [-0.1, -0.05) is 0 Å². The average molecular weight is 280 g/mol. The molecule has 0 atom stereocenters. The van der Waals surface area contributed by atoms with E-state index in [0.717, 1.165) is 5.69 Å². The summed E-state index contributed by atoms with van der Waals surface area (Å²) in [6, 6.07) is 5.47. The van der Waals surface area contributed by atoms with Crippen molar-refractivity contribution in [3.8, 4) is 11.5 Å². The van der Waals surface area contributed by atoms with Crippen LogP contribution < -0.4 is 14.8 Å². The number of carbonyl (C=O) groups is 1. The zero-order valence-electron chi connectivity index (χ0n) is 11.8. The molecule has 0 saturated carbocycles. The number of nitrogens with zero attached hydrogens (tertiary/aromatic N) is 1. The maximum atomic E-state index is 12.0. The average Bonchev–Trinajstić information content (AvgIpc) is 2.53. The fourth-order valence-electron chi connectivity index (χ4n) is 2.05. The lowest BCUT2D eigenvalue weighted by Crippen LogP contribution is -2.43. The van der Waals surface area contributed by atoms with Gasteiger partial charge in [0.05, 0.1) is 34.0 Å². The van der Waals surface area contributed by atoms with E-state index in [1.807, 2.05) is 12.1 Å². The molecule has 0 spiro atoms. The van der Waals surface area contributed by atoms with Gasteiger partial charge in [0, 0.05) is 24.8 Å². The number of ether oxygens (including phenoxy) is 3. The Bertz CT molecular complexity index is 458. The number of nitrogens with one attached hydrogen (secondary N) is 1. The van der Waals surface area contributed by atoms with Gasteiger partial charge in [-0.05, 0) is 12.1 Å². The van der Waals surface area contributed by atoms with Crippen LogP contribution in [0.2, 0.25) is 0 Å². The smallest absolute Gasteiger partial charge is 0.242 e. The Morgan fingerprint density at radius 1 is 1.25 bits per heavy atom. The van der Waals surface area contributed by atoms with Crippen molar-refractivity contribution < 1.29 is 19.0 Å². The summed E-state index contributed by atoms with van der Waals surface area (Å²) in [7, 11) is 3.17. The molecule has 1 saturated heterocycles. The zero-order valence-corrected chi connectivity index (χ0v) is 11.8. The van der Waals surface area contributed by atoms with Crippen molar-refractivity contribution in [1.82, 2.24) is 4.90 Å². The molecular weight excluding hydrogens is 260 g/mol. The molecule has 6 heteroatoms. The van der Waals surface area contributed by atoms with Crippen LogP contribution in [-0.2, 0) is 9.53 Å². The van der Waals surface area contributed by atoms with Crippen molar-refractivity contribution in [2.24, 2.45) is 0 Å². The van der Waals surface area contributed by atoms with Crippen LogP contribution in [0.4, 0.5) is 5.69 Å². The number of hydrogen-bond donors (Lipinski definition) is 1. The number of methoxy groups -OCH3 is 2. The third-order valence-corrected chi connectivity index (χ3v) is 3.19. The van der Waals surface area contributed by atoms with E-state index in [1.165, 1.54) is 0 Å². The Kier molecular flexibility index (Phi) is 5.06. The first kappa shape index (κ1) is 14.5. The van der Waals surface area contributed by atoms with Gasteiger partial charge in [-0.2, -0.15) is 0 Å². The molecule has 1 aliphatic heterocycles. The molecule has 20 heavy (non-hydrogen) atoms. The second kappa shape index (κ2) is 7.00. The molecule has 0 bridgehead atoms. The largest absolute Gasteiger partial charge is 0.493 e. The van der Waals surface area contributed by atoms with Crippen molar-refractivity contribution >= 4 is 11.6 Å². The van der Waals surface area contributed by atoms with E-state index in [0.29, 0.717) is 37.8 Å². The standard InChI is InChI=1S/C14H20N2O4/c1-18-12-4-3-11(9-13(12)19-2)15-10-14(17)16-5-7-20-8-6-16/h3-4,9,15H,5-8,10H2,1-2H3. The van der Waals surface area contributed by atoms with Crippen LogP contribution in [0.5, 0.6) is 11.5 Å². The highest BCUT2D eigenvalue weighted by molar-refractivity contribution is 5.81. The summed E-state index contributed by atoms with van der Waals surface area (Å²) in [4.78, 5) is 13.8. The normalized spacial score (nSPS) is 14.8. The van der Waals surface area contributed by atoms with E-state index >= 15 is 0 Å². The molecule has 1 amide bonds. The highest BCUT2D eigenvalue weighted by atomic mass is 16.5. The predicted molar refractivity (Wildman–Crippen MR) is 75.4 cm³/mol. The van der Waals surface area contributed by atoms with E-state index < -0.39 is 0 Å². The van der Waals surface area contributed by atoms with Gasteiger partial charge in [-0.15, -0.1) is 0 Å². The highest BCUT2D eigenvalue weighted by Crippen LogP contribution is 2.29. The van der Waals surface area contributed by atoms with Crippen LogP contribution in [0.3, 0.4) is 0 Å². The summed E-state index contributed by atoms with van der Waals surface area (Å²) < 4.78 is 15.6. The highest BCUT2D eigenvalue weighted by Gasteiger charge is 2.16. The minimum absolute atomic E-state index is 0.0723. The summed E-state index contributed by atoms with van der Waals surface area (Å²) >= 11 is 0. The van der Waals surface area contributed by atoms with E-state index in [4.69, 9.17) is 14.2 Å². The van der Waals surface area contributed by atoms with Crippen molar-refractivity contribution in [3.05, 3.63) is 18.2 Å². The predicted octanol–water partition coefficient (Wildman–Crippen LogP) is 0.974. The maximum absolute atomic E-state index is 12.0. The van der Waals surface area contributed by atoms with E-state index in [1.54, 1.807) is 25.2 Å². The van der Waals surface area contributed by atoms with Crippen LogP contribution in [0.25, 0.3) is 0 Å². The van der Waals surface area contributed by atoms with E-state index in [2.05, 4.69) is 5.32 Å². The number of carbonyl (C=O) groups excluding carboxylic acids is 1. The first-order valence-electron chi connectivity index (χ1n) is 6.56. The second-order valence-corrected chi connectivity index (χ2v) is 4.42. The van der Waals surface area contributed by atoms with E-state index in [9.17, 15) is 4.79 Å². The Hall–Kier alpha value is -1.95. The summed E-state index contributed by atoms with van der Waals surface area (Å²) in [5, 5.41) is 3.10. The third kappa shape index (κ3) is 3.54. The molecule has 0 radical (unpaired) electrons. The van der Waals surface area contributed by atoms with Crippen molar-refractivity contribution in [1.29, 1.82) is 0 Å². The molecule has 1 aromatic carbocycles. The van der Waals surface area contributed by atoms with Crippen molar-refractivity contribution in [2.45, 2.75) is 0 Å². The van der Waals surface area contributed by atoms with Gasteiger partial charge in [0.2, 0.25) is 5.91 Å². The summed E-state index contributed by atoms with van der Waals surface area (Å²) in [5.41, 5.74) is 0.823. The quantitative estimate of drug-likeness (QED) is 0.871. The fraction of sp³-hybridized carbons (Fsp3) is 0.500. The van der Waals surface area contributed by atoms with Crippen LogP contribution in [-0.4, -0.2) is 57.9 Å². The topological polar surface area (TPSA) is 60.0 Å². The molecule has 2 rings (SSSR count). The number of anilines is 1. The molecule has 1 aromatic rings. The number of hydrogen-bond acceptors (Lipinski definition) is 5. The minimum Gasteiger partial charge on any atom is -0.493 e. The Labute approximate surface area is 118 Å². The summed E-state index contributed by atoms with van der Waals surface area (Å²) in [6.07, 6.45) is 0. The first-order valence-corrected chi connectivity index (χ1v) is 6.56. The minimum atomic E-state index is 0.0723. The molecule has 1 heterocycles. The Morgan fingerprint density at radius 2 is 1.95 bits per heavy atom. The Balaban J connectivity index is 1.91. The molecule has 1 N–H and O–H groups in total. The van der Waals surface area contributed by atoms with Gasteiger partial charge in [0.15, 0.2) is 11.5 Å². The molecule has 0 aliphatic carbocycles. The number of amides is 1. The van der Waals surface area contributed by atoms with Gasteiger partial charge in [0.25, 0.3) is 0 Å². The molecule has 0 aromatic heterocycles. The monoisotopic (exact) mass is 280 g/mol. The molecular formula is C14H20N2O4. The van der Waals surface area contributed by atoms with Crippen molar-refractivity contribution in [3.63, 3.8) is 0 Å². The van der Waals surface area contributed by atoms with Gasteiger partial charge in [-0.3, -0.25) is 4.79 Å². The molecule has 6 nitrogen and oxygen atoms in total. The van der Waals surface area contributed by atoms with Crippen LogP contribution in [0.15, 0.2) is 18.2 Å². The lowest BCUT2D eigenvalue weighted by Gasteiger charge is -2.27. The molecule has 0 unspecified atom stereocenters. The van der Waals surface area contributed by atoms with Gasteiger partial charge >= 0.3 is 0 Å². The lowest BCUT2D eigenvalue weighted by atomic mass is 10.2. The molecule has 110 valence electrons. The summed E-state index contributed by atoms with van der Waals surface area (Å²) in [5.74, 6) is 1.37. The number of benzene rings is 1. The first-order chi connectivity index (χ1) is 9.74. The number of morpholine rings is 1. The summed E-state index contributed by atoms with van der Waals surface area (Å²) in [6.45, 7) is 2.80. The van der Waals surface area contributed by atoms with Crippen molar-refractivity contribution in [2.75, 3.05) is 52.4 Å². The van der Waals surface area contributed by atoms with E-state index in [-0.39, 0.29) is 12.5 Å². The van der Waals surface area contributed by atoms with Crippen LogP contribution in [0.1, 0.15) is 0 Å². The number of rotatable bonds is 5. The zero-order chi connectivity index (χ0) is 14.4. The van der Waals surface area contributed by atoms with Gasteiger partial charge < -0.3 is 24.4 Å². The van der Waals surface area contributed by atoms with Gasteiger partial charge in [-0.25, -0.2) is 0 Å². The molecule has 1 fully saturated rings. The fourth-order valence-corrected chi connectivity index (χ4v) is 2.05. The lowest BCUT2D eigenvalue weighted by molar-refractivity contribution is -0.133. The van der Waals surface area contributed by atoms with Crippen LogP contribution >= 0.6 is 0 Å².